The second kappa shape index (κ2) is 6.97. The predicted octanol–water partition coefficient (Wildman–Crippen LogP) is 4.55. The monoisotopic (exact) mass is 346 g/mol. The van der Waals surface area contributed by atoms with Crippen LogP contribution >= 0.6 is 11.6 Å². The van der Waals surface area contributed by atoms with E-state index in [9.17, 15) is 20.1 Å². The van der Waals surface area contributed by atoms with Gasteiger partial charge in [-0.05, 0) is 29.2 Å². The molecule has 0 unspecified atom stereocenters. The first-order valence-corrected chi connectivity index (χ1v) is 7.84. The molecule has 2 aromatic rings. The lowest BCUT2D eigenvalue weighted by atomic mass is 9.91. The van der Waals surface area contributed by atoms with E-state index in [1.807, 2.05) is 13.8 Å². The smallest absolute Gasteiger partial charge is 0.174 e. The topological polar surface area (TPSA) is 77.8 Å². The molecule has 0 saturated carbocycles. The molecule has 3 N–H and O–H groups in total. The number of halogens is 1. The van der Waals surface area contributed by atoms with Crippen LogP contribution in [0.5, 0.6) is 17.2 Å². The molecule has 0 spiro atoms. The Balaban J connectivity index is 2.45. The van der Waals surface area contributed by atoms with E-state index in [1.54, 1.807) is 24.3 Å². The van der Waals surface area contributed by atoms with Gasteiger partial charge in [0.05, 0.1) is 5.56 Å². The molecule has 0 atom stereocenters. The number of carbonyl (C=O) groups excluding carboxylic acids is 1. The first-order valence-electron chi connectivity index (χ1n) is 7.47. The number of rotatable bonds is 5. The van der Waals surface area contributed by atoms with Crippen molar-refractivity contribution in [3.05, 3.63) is 58.6 Å². The van der Waals surface area contributed by atoms with Crippen molar-refractivity contribution >= 4 is 23.0 Å². The van der Waals surface area contributed by atoms with E-state index in [1.165, 1.54) is 0 Å². The normalized spacial score (nSPS) is 10.8. The number of phenols is 3. The van der Waals surface area contributed by atoms with E-state index in [2.05, 4.69) is 6.58 Å². The van der Waals surface area contributed by atoms with Crippen LogP contribution < -0.4 is 0 Å². The molecule has 0 saturated heterocycles. The predicted molar refractivity (Wildman–Crippen MR) is 94.8 cm³/mol. The number of benzene rings is 2. The molecule has 2 aromatic carbocycles. The van der Waals surface area contributed by atoms with E-state index in [0.717, 1.165) is 6.07 Å². The van der Waals surface area contributed by atoms with Gasteiger partial charge in [0.2, 0.25) is 0 Å². The molecule has 0 radical (unpaired) electrons. The molecule has 0 aliphatic rings. The van der Waals surface area contributed by atoms with Crippen molar-refractivity contribution in [2.24, 2.45) is 5.92 Å². The van der Waals surface area contributed by atoms with Crippen LogP contribution in [-0.2, 0) is 6.42 Å². The molecule has 0 aliphatic heterocycles. The molecule has 0 aromatic heterocycles. The third-order valence-corrected chi connectivity index (χ3v) is 4.09. The molecule has 4 nitrogen and oxygen atoms in total. The number of phenolic OH excluding ortho intramolecular Hbond substituents is 3. The number of ketones is 1. The van der Waals surface area contributed by atoms with Gasteiger partial charge in [-0.2, -0.15) is 0 Å². The standard InChI is InChI=1S/C19H19ClO4/c1-10(2)11(3)17-15(22)9-16(23)18(19(17)24)14(21)8-12-4-6-13(20)7-5-12/h4-7,9-10,22-24H,3,8H2,1-2H3. The van der Waals surface area contributed by atoms with Crippen LogP contribution in [-0.4, -0.2) is 21.1 Å². The highest BCUT2D eigenvalue weighted by molar-refractivity contribution is 6.30. The van der Waals surface area contributed by atoms with Crippen molar-refractivity contribution in [3.63, 3.8) is 0 Å². The van der Waals surface area contributed by atoms with Crippen molar-refractivity contribution in [3.8, 4) is 17.2 Å². The number of allylic oxidation sites excluding steroid dienone is 1. The van der Waals surface area contributed by atoms with Crippen molar-refractivity contribution in [2.75, 3.05) is 0 Å². The summed E-state index contributed by atoms with van der Waals surface area (Å²) in [4.78, 5) is 12.5. The third kappa shape index (κ3) is 3.54. The first-order chi connectivity index (χ1) is 11.2. The molecule has 24 heavy (non-hydrogen) atoms. The average Bonchev–Trinajstić information content (AvgIpc) is 2.48. The molecule has 2 rings (SSSR count). The van der Waals surface area contributed by atoms with Crippen LogP contribution in [0.25, 0.3) is 5.57 Å². The van der Waals surface area contributed by atoms with Crippen molar-refractivity contribution in [1.29, 1.82) is 0 Å². The Kier molecular flexibility index (Phi) is 5.20. The zero-order chi connectivity index (χ0) is 18.0. The van der Waals surface area contributed by atoms with Gasteiger partial charge < -0.3 is 15.3 Å². The zero-order valence-corrected chi connectivity index (χ0v) is 14.3. The molecular weight excluding hydrogens is 328 g/mol. The molecule has 5 heteroatoms. The quantitative estimate of drug-likeness (QED) is 0.694. The highest BCUT2D eigenvalue weighted by Crippen LogP contribution is 2.43. The van der Waals surface area contributed by atoms with Crippen molar-refractivity contribution < 1.29 is 20.1 Å². The van der Waals surface area contributed by atoms with Gasteiger partial charge in [-0.15, -0.1) is 0 Å². The fourth-order valence-corrected chi connectivity index (χ4v) is 2.52. The minimum atomic E-state index is -0.468. The van der Waals surface area contributed by atoms with Crippen molar-refractivity contribution in [2.45, 2.75) is 20.3 Å². The Bertz CT molecular complexity index is 792. The van der Waals surface area contributed by atoms with E-state index in [0.29, 0.717) is 16.2 Å². The van der Waals surface area contributed by atoms with Gasteiger partial charge >= 0.3 is 0 Å². The van der Waals surface area contributed by atoms with Crippen LogP contribution in [0.15, 0.2) is 36.9 Å². The summed E-state index contributed by atoms with van der Waals surface area (Å²) in [6.45, 7) is 7.54. The summed E-state index contributed by atoms with van der Waals surface area (Å²) in [7, 11) is 0. The van der Waals surface area contributed by atoms with Crippen molar-refractivity contribution in [1.82, 2.24) is 0 Å². The van der Waals surface area contributed by atoms with Gasteiger partial charge in [-0.3, -0.25) is 4.79 Å². The van der Waals surface area contributed by atoms with Gasteiger partial charge in [0.1, 0.15) is 22.8 Å². The number of hydrogen-bond acceptors (Lipinski definition) is 4. The maximum Gasteiger partial charge on any atom is 0.174 e. The van der Waals surface area contributed by atoms with Crippen LogP contribution in [0.3, 0.4) is 0 Å². The molecule has 0 aliphatic carbocycles. The summed E-state index contributed by atoms with van der Waals surface area (Å²) in [5.41, 5.74) is 1.04. The van der Waals surface area contributed by atoms with Gasteiger partial charge in [-0.1, -0.05) is 44.2 Å². The Morgan fingerprint density at radius 1 is 1.08 bits per heavy atom. The third-order valence-electron chi connectivity index (χ3n) is 3.83. The summed E-state index contributed by atoms with van der Waals surface area (Å²) in [5.74, 6) is -1.75. The van der Waals surface area contributed by atoms with Gasteiger partial charge in [0.25, 0.3) is 0 Å². The van der Waals surface area contributed by atoms with E-state index >= 15 is 0 Å². The Labute approximate surface area is 145 Å². The average molecular weight is 347 g/mol. The lowest BCUT2D eigenvalue weighted by Gasteiger charge is -2.17. The number of aromatic hydroxyl groups is 3. The SMILES string of the molecule is C=C(c1c(O)cc(O)c(C(=O)Cc2ccc(Cl)cc2)c1O)C(C)C. The molecule has 0 heterocycles. The zero-order valence-electron chi connectivity index (χ0n) is 13.5. The molecule has 126 valence electrons. The maximum absolute atomic E-state index is 12.5. The van der Waals surface area contributed by atoms with Gasteiger partial charge in [0, 0.05) is 17.5 Å². The Hall–Kier alpha value is -2.46. The number of Topliss-reactive ketones (excluding diaryl/α,β-unsaturated/α-hetero) is 1. The second-order valence-electron chi connectivity index (χ2n) is 5.92. The summed E-state index contributed by atoms with van der Waals surface area (Å²) in [5, 5.41) is 31.0. The minimum Gasteiger partial charge on any atom is -0.507 e. The minimum absolute atomic E-state index is 0.0172. The molecule has 0 fully saturated rings. The summed E-state index contributed by atoms with van der Waals surface area (Å²) in [6, 6.07) is 7.77. The van der Waals surface area contributed by atoms with Gasteiger partial charge in [-0.25, -0.2) is 0 Å². The van der Waals surface area contributed by atoms with Crippen LogP contribution in [0.2, 0.25) is 5.02 Å². The van der Waals surface area contributed by atoms with Gasteiger partial charge in [0.15, 0.2) is 5.78 Å². The lowest BCUT2D eigenvalue weighted by Crippen LogP contribution is -2.06. The van der Waals surface area contributed by atoms with E-state index in [4.69, 9.17) is 11.6 Å². The largest absolute Gasteiger partial charge is 0.507 e. The second-order valence-corrected chi connectivity index (χ2v) is 6.36. The van der Waals surface area contributed by atoms with Crippen LogP contribution in [0, 0.1) is 5.92 Å². The lowest BCUT2D eigenvalue weighted by molar-refractivity contribution is 0.0987. The Morgan fingerprint density at radius 3 is 2.17 bits per heavy atom. The fourth-order valence-electron chi connectivity index (χ4n) is 2.40. The highest BCUT2D eigenvalue weighted by atomic mass is 35.5. The maximum atomic E-state index is 12.5. The summed E-state index contributed by atoms with van der Waals surface area (Å²) < 4.78 is 0. The Morgan fingerprint density at radius 2 is 1.62 bits per heavy atom. The summed E-state index contributed by atoms with van der Waals surface area (Å²) in [6.07, 6.45) is -0.0172. The van der Waals surface area contributed by atoms with Crippen LogP contribution in [0.1, 0.15) is 35.3 Å². The summed E-state index contributed by atoms with van der Waals surface area (Å²) >= 11 is 5.82. The van der Waals surface area contributed by atoms with E-state index < -0.39 is 17.3 Å². The van der Waals surface area contributed by atoms with Crippen LogP contribution in [0.4, 0.5) is 0 Å². The van der Waals surface area contributed by atoms with E-state index in [-0.39, 0.29) is 29.2 Å². The molecular formula is C19H19ClO4. The molecule has 0 bridgehead atoms. The number of hydrogen-bond donors (Lipinski definition) is 3. The first kappa shape index (κ1) is 17.9. The number of carbonyl (C=O) groups is 1. The highest BCUT2D eigenvalue weighted by Gasteiger charge is 2.25. The molecule has 0 amide bonds. The fraction of sp³-hybridized carbons (Fsp3) is 0.211.